The highest BCUT2D eigenvalue weighted by atomic mass is 19.1. The van der Waals surface area contributed by atoms with Gasteiger partial charge in [0, 0.05) is 11.1 Å². The number of aryl methyl sites for hydroxylation is 1. The minimum absolute atomic E-state index is 0.145. The molecule has 0 saturated carbocycles. The number of rotatable bonds is 3. The van der Waals surface area contributed by atoms with Crippen molar-refractivity contribution in [2.45, 2.75) is 25.8 Å². The zero-order chi connectivity index (χ0) is 17.4. The molecular weight excluding hydrogens is 319 g/mol. The normalized spacial score (nSPS) is 15.8. The van der Waals surface area contributed by atoms with Crippen molar-refractivity contribution in [2.75, 3.05) is 0 Å². The van der Waals surface area contributed by atoms with Crippen LogP contribution in [0.4, 0.5) is 4.39 Å². The van der Waals surface area contributed by atoms with E-state index < -0.39 is 0 Å². The first kappa shape index (κ1) is 15.5. The Labute approximate surface area is 144 Å². The molecule has 1 aliphatic carbocycles. The Hall–Kier alpha value is -3.02. The zero-order valence-corrected chi connectivity index (χ0v) is 13.7. The van der Waals surface area contributed by atoms with Gasteiger partial charge in [-0.1, -0.05) is 24.3 Å². The van der Waals surface area contributed by atoms with Crippen LogP contribution in [-0.2, 0) is 6.42 Å². The van der Waals surface area contributed by atoms with Crippen LogP contribution in [0.1, 0.15) is 39.8 Å². The minimum atomic E-state index is -0.194. The zero-order valence-electron chi connectivity index (χ0n) is 13.7. The van der Waals surface area contributed by atoms with E-state index in [4.69, 9.17) is 0 Å². The quantitative estimate of drug-likeness (QED) is 0.771. The molecule has 0 spiro atoms. The molecule has 1 atom stereocenters. The number of fused-ring (bicyclic) bond motifs is 1. The van der Waals surface area contributed by atoms with Crippen molar-refractivity contribution in [3.05, 3.63) is 70.8 Å². The lowest BCUT2D eigenvalue weighted by Crippen LogP contribution is -2.27. The molecule has 126 valence electrons. The van der Waals surface area contributed by atoms with Crippen LogP contribution in [0.5, 0.6) is 0 Å². The molecule has 0 fully saturated rings. The highest BCUT2D eigenvalue weighted by Crippen LogP contribution is 2.32. The molecule has 0 radical (unpaired) electrons. The summed E-state index contributed by atoms with van der Waals surface area (Å²) in [5.41, 5.74) is 2.99. The first-order chi connectivity index (χ1) is 12.1. The van der Waals surface area contributed by atoms with Crippen LogP contribution in [0.25, 0.3) is 11.4 Å². The Bertz CT molecular complexity index is 933. The second-order valence-corrected chi connectivity index (χ2v) is 6.19. The van der Waals surface area contributed by atoms with E-state index in [2.05, 4.69) is 20.5 Å². The molecule has 5 nitrogen and oxygen atoms in total. The molecular formula is C19H17FN4O. The standard InChI is InChI=1S/C19H17FN4O/c1-11-21-18(24-23-11)12-5-7-13(8-6-12)19(25)22-17-10-9-14-15(17)3-2-4-16(14)20/h2-8,17H,9-10H2,1H3,(H,22,25)(H,21,23,24)/t17-/m0/s1. The average Bonchev–Trinajstić information content (AvgIpc) is 3.23. The summed E-state index contributed by atoms with van der Waals surface area (Å²) >= 11 is 0. The summed E-state index contributed by atoms with van der Waals surface area (Å²) in [4.78, 5) is 16.8. The minimum Gasteiger partial charge on any atom is -0.345 e. The van der Waals surface area contributed by atoms with E-state index >= 15 is 0 Å². The maximum absolute atomic E-state index is 13.8. The number of halogens is 1. The Kier molecular flexibility index (Phi) is 3.80. The van der Waals surface area contributed by atoms with E-state index in [1.165, 1.54) is 6.07 Å². The van der Waals surface area contributed by atoms with Gasteiger partial charge in [0.25, 0.3) is 5.91 Å². The molecule has 6 heteroatoms. The molecule has 0 bridgehead atoms. The van der Waals surface area contributed by atoms with Gasteiger partial charge in [0.15, 0.2) is 5.82 Å². The predicted octanol–water partition coefficient (Wildman–Crippen LogP) is 3.34. The Morgan fingerprint density at radius 1 is 1.24 bits per heavy atom. The van der Waals surface area contributed by atoms with Gasteiger partial charge < -0.3 is 5.32 Å². The third-order valence-electron chi connectivity index (χ3n) is 4.52. The second kappa shape index (κ2) is 6.12. The van der Waals surface area contributed by atoms with E-state index in [1.54, 1.807) is 18.2 Å². The largest absolute Gasteiger partial charge is 0.345 e. The van der Waals surface area contributed by atoms with Crippen LogP contribution >= 0.6 is 0 Å². The van der Waals surface area contributed by atoms with Crippen molar-refractivity contribution in [2.24, 2.45) is 0 Å². The van der Waals surface area contributed by atoms with Crippen molar-refractivity contribution in [1.82, 2.24) is 20.5 Å². The fourth-order valence-electron chi connectivity index (χ4n) is 3.24. The van der Waals surface area contributed by atoms with E-state index in [0.717, 1.165) is 23.4 Å². The molecule has 1 aliphatic rings. The molecule has 1 aromatic heterocycles. The van der Waals surface area contributed by atoms with Crippen LogP contribution in [0, 0.1) is 12.7 Å². The molecule has 2 N–H and O–H groups in total. The lowest BCUT2D eigenvalue weighted by Gasteiger charge is -2.14. The monoisotopic (exact) mass is 336 g/mol. The molecule has 25 heavy (non-hydrogen) atoms. The Morgan fingerprint density at radius 2 is 2.04 bits per heavy atom. The van der Waals surface area contributed by atoms with E-state index in [9.17, 15) is 9.18 Å². The number of aromatic nitrogens is 3. The number of amides is 1. The molecule has 1 amide bonds. The Morgan fingerprint density at radius 3 is 2.76 bits per heavy atom. The lowest BCUT2D eigenvalue weighted by molar-refractivity contribution is 0.0936. The van der Waals surface area contributed by atoms with Crippen LogP contribution in [0.3, 0.4) is 0 Å². The SMILES string of the molecule is Cc1nc(-c2ccc(C(=O)N[C@H]3CCc4c(F)cccc43)cc2)n[nH]1. The van der Waals surface area contributed by atoms with Gasteiger partial charge in [-0.3, -0.25) is 9.89 Å². The van der Waals surface area contributed by atoms with Crippen LogP contribution in [-0.4, -0.2) is 21.1 Å². The third kappa shape index (κ3) is 2.91. The summed E-state index contributed by atoms with van der Waals surface area (Å²) in [5, 5.41) is 9.90. The summed E-state index contributed by atoms with van der Waals surface area (Å²) in [6.45, 7) is 1.83. The lowest BCUT2D eigenvalue weighted by atomic mass is 10.1. The van der Waals surface area contributed by atoms with Gasteiger partial charge in [0.1, 0.15) is 11.6 Å². The Balaban J connectivity index is 1.50. The van der Waals surface area contributed by atoms with Crippen molar-refractivity contribution < 1.29 is 9.18 Å². The maximum Gasteiger partial charge on any atom is 0.251 e. The van der Waals surface area contributed by atoms with E-state index in [1.807, 2.05) is 25.1 Å². The molecule has 1 heterocycles. The number of carbonyl (C=O) groups excluding carboxylic acids is 1. The first-order valence-electron chi connectivity index (χ1n) is 8.19. The van der Waals surface area contributed by atoms with Gasteiger partial charge in [0.05, 0.1) is 6.04 Å². The van der Waals surface area contributed by atoms with Crippen molar-refractivity contribution in [3.63, 3.8) is 0 Å². The highest BCUT2D eigenvalue weighted by Gasteiger charge is 2.26. The van der Waals surface area contributed by atoms with Gasteiger partial charge in [0.2, 0.25) is 0 Å². The number of aromatic amines is 1. The number of benzene rings is 2. The summed E-state index contributed by atoms with van der Waals surface area (Å²) in [7, 11) is 0. The molecule has 0 unspecified atom stereocenters. The number of hydrogen-bond donors (Lipinski definition) is 2. The van der Waals surface area contributed by atoms with Crippen molar-refractivity contribution in [1.29, 1.82) is 0 Å². The smallest absolute Gasteiger partial charge is 0.251 e. The molecule has 0 aliphatic heterocycles. The number of carbonyl (C=O) groups is 1. The van der Waals surface area contributed by atoms with E-state index in [0.29, 0.717) is 23.4 Å². The highest BCUT2D eigenvalue weighted by molar-refractivity contribution is 5.95. The topological polar surface area (TPSA) is 70.7 Å². The van der Waals surface area contributed by atoms with Gasteiger partial charge in [-0.05, 0) is 49.1 Å². The summed E-state index contributed by atoms with van der Waals surface area (Å²) in [5.74, 6) is 0.980. The number of hydrogen-bond acceptors (Lipinski definition) is 3. The summed E-state index contributed by atoms with van der Waals surface area (Å²) < 4.78 is 13.8. The second-order valence-electron chi connectivity index (χ2n) is 6.19. The van der Waals surface area contributed by atoms with Gasteiger partial charge >= 0.3 is 0 Å². The maximum atomic E-state index is 13.8. The molecule has 2 aromatic carbocycles. The molecule has 0 saturated heterocycles. The summed E-state index contributed by atoms with van der Waals surface area (Å²) in [6, 6.07) is 12.0. The van der Waals surface area contributed by atoms with E-state index in [-0.39, 0.29) is 17.8 Å². The first-order valence-corrected chi connectivity index (χ1v) is 8.19. The number of H-pyrrole nitrogens is 1. The molecule has 3 aromatic rings. The summed E-state index contributed by atoms with van der Waals surface area (Å²) in [6.07, 6.45) is 1.37. The van der Waals surface area contributed by atoms with Gasteiger partial charge in [-0.15, -0.1) is 0 Å². The van der Waals surface area contributed by atoms with Crippen LogP contribution in [0.2, 0.25) is 0 Å². The fraction of sp³-hybridized carbons (Fsp3) is 0.211. The van der Waals surface area contributed by atoms with Gasteiger partial charge in [-0.25, -0.2) is 9.37 Å². The van der Waals surface area contributed by atoms with Gasteiger partial charge in [-0.2, -0.15) is 5.10 Å². The number of nitrogens with zero attached hydrogens (tertiary/aromatic N) is 2. The predicted molar refractivity (Wildman–Crippen MR) is 91.5 cm³/mol. The van der Waals surface area contributed by atoms with Crippen LogP contribution < -0.4 is 5.32 Å². The number of nitrogens with one attached hydrogen (secondary N) is 2. The van der Waals surface area contributed by atoms with Crippen molar-refractivity contribution >= 4 is 5.91 Å². The fourth-order valence-corrected chi connectivity index (χ4v) is 3.24. The molecule has 4 rings (SSSR count). The van der Waals surface area contributed by atoms with Crippen molar-refractivity contribution in [3.8, 4) is 11.4 Å². The third-order valence-corrected chi connectivity index (χ3v) is 4.52. The average molecular weight is 336 g/mol. The van der Waals surface area contributed by atoms with Crippen LogP contribution in [0.15, 0.2) is 42.5 Å².